The zero-order chi connectivity index (χ0) is 16.4. The Kier molecular flexibility index (Phi) is 4.87. The first-order valence-corrected chi connectivity index (χ1v) is 8.90. The predicted molar refractivity (Wildman–Crippen MR) is 93.6 cm³/mol. The maximum absolute atomic E-state index is 5.40. The first kappa shape index (κ1) is 16.3. The van der Waals surface area contributed by atoms with Gasteiger partial charge in [0, 0.05) is 23.9 Å². The molecule has 3 rings (SSSR count). The van der Waals surface area contributed by atoms with Gasteiger partial charge in [-0.15, -0.1) is 11.3 Å². The third-order valence-corrected chi connectivity index (χ3v) is 5.38. The van der Waals surface area contributed by atoms with E-state index in [0.29, 0.717) is 0 Å². The Hall–Kier alpha value is -1.59. The normalized spacial score (nSPS) is 15.5. The van der Waals surface area contributed by atoms with Gasteiger partial charge in [0.2, 0.25) is 0 Å². The first-order chi connectivity index (χ1) is 11.1. The molecule has 1 fully saturated rings. The maximum atomic E-state index is 5.40. The van der Waals surface area contributed by atoms with Gasteiger partial charge in [-0.25, -0.2) is 4.98 Å². The number of ether oxygens (including phenoxy) is 2. The fraction of sp³-hybridized carbons (Fsp3) is 0.500. The van der Waals surface area contributed by atoms with Crippen molar-refractivity contribution < 1.29 is 9.47 Å². The number of benzene rings is 1. The van der Waals surface area contributed by atoms with E-state index < -0.39 is 0 Å². The van der Waals surface area contributed by atoms with Crippen molar-refractivity contribution >= 4 is 11.3 Å². The topological polar surface area (TPSA) is 43.4 Å². The Morgan fingerprint density at radius 1 is 1.26 bits per heavy atom. The molecule has 0 radical (unpaired) electrons. The lowest BCUT2D eigenvalue weighted by atomic mass is 10.1. The summed E-state index contributed by atoms with van der Waals surface area (Å²) in [6.07, 6.45) is 2.61. The molecule has 0 spiro atoms. The average Bonchev–Trinajstić information content (AvgIpc) is 3.30. The van der Waals surface area contributed by atoms with Crippen LogP contribution >= 0.6 is 11.3 Å². The number of nitrogens with one attached hydrogen (secondary N) is 1. The molecule has 0 aliphatic heterocycles. The van der Waals surface area contributed by atoms with Crippen LogP contribution in [0.4, 0.5) is 0 Å². The molecule has 0 unspecified atom stereocenters. The minimum atomic E-state index is 0.242. The molecular formula is C18H24N2O2S. The van der Waals surface area contributed by atoms with Crippen LogP contribution in [0.15, 0.2) is 17.5 Å². The molecule has 1 aliphatic rings. The van der Waals surface area contributed by atoms with Crippen LogP contribution < -0.4 is 14.8 Å². The van der Waals surface area contributed by atoms with Crippen LogP contribution in [0.5, 0.6) is 11.5 Å². The quantitative estimate of drug-likeness (QED) is 0.825. The molecule has 1 aromatic carbocycles. The third kappa shape index (κ3) is 3.67. The highest BCUT2D eigenvalue weighted by molar-refractivity contribution is 7.09. The van der Waals surface area contributed by atoms with Gasteiger partial charge in [-0.2, -0.15) is 0 Å². The number of nitrogens with zero attached hydrogens (tertiary/aromatic N) is 1. The average molecular weight is 332 g/mol. The summed E-state index contributed by atoms with van der Waals surface area (Å²) in [7, 11) is 3.33. The molecule has 0 saturated heterocycles. The van der Waals surface area contributed by atoms with Crippen molar-refractivity contribution in [2.24, 2.45) is 0 Å². The number of aromatic nitrogens is 1. The molecule has 5 heteroatoms. The van der Waals surface area contributed by atoms with Gasteiger partial charge in [0.1, 0.15) is 0 Å². The maximum Gasteiger partial charge on any atom is 0.161 e. The number of thiazole rings is 1. The smallest absolute Gasteiger partial charge is 0.161 e. The summed E-state index contributed by atoms with van der Waals surface area (Å²) in [5.74, 6) is 2.27. The SMILES string of the molecule is COc1cc(C)c(CN[C@H](C)c2csc(C3CC3)n2)cc1OC. The molecule has 2 aromatic rings. The van der Waals surface area contributed by atoms with E-state index in [1.165, 1.54) is 29.0 Å². The van der Waals surface area contributed by atoms with Crippen LogP contribution in [0.25, 0.3) is 0 Å². The Morgan fingerprint density at radius 3 is 2.61 bits per heavy atom. The molecule has 1 saturated carbocycles. The standard InChI is InChI=1S/C18H24N2O2S/c1-11-7-16(21-3)17(22-4)8-14(11)9-19-12(2)15-10-23-18(20-15)13-5-6-13/h7-8,10,12-13,19H,5-6,9H2,1-4H3/t12-/m1/s1. The van der Waals surface area contributed by atoms with Crippen LogP contribution in [0.1, 0.15) is 53.6 Å². The largest absolute Gasteiger partial charge is 0.493 e. The number of aryl methyl sites for hydroxylation is 1. The number of rotatable bonds is 7. The highest BCUT2D eigenvalue weighted by Gasteiger charge is 2.27. The molecule has 4 nitrogen and oxygen atoms in total. The Bertz CT molecular complexity index is 680. The lowest BCUT2D eigenvalue weighted by molar-refractivity contribution is 0.354. The van der Waals surface area contributed by atoms with Gasteiger partial charge in [-0.05, 0) is 49.9 Å². The van der Waals surface area contributed by atoms with E-state index in [-0.39, 0.29) is 6.04 Å². The second-order valence-electron chi connectivity index (χ2n) is 6.12. The van der Waals surface area contributed by atoms with Crippen molar-refractivity contribution in [2.75, 3.05) is 14.2 Å². The highest BCUT2D eigenvalue weighted by atomic mass is 32.1. The van der Waals surface area contributed by atoms with Crippen LogP contribution in [0.3, 0.4) is 0 Å². The van der Waals surface area contributed by atoms with Crippen LogP contribution in [0.2, 0.25) is 0 Å². The minimum Gasteiger partial charge on any atom is -0.493 e. The number of hydrogen-bond donors (Lipinski definition) is 1. The molecule has 1 heterocycles. The molecule has 1 N–H and O–H groups in total. The van der Waals surface area contributed by atoms with E-state index >= 15 is 0 Å². The molecular weight excluding hydrogens is 308 g/mol. The van der Waals surface area contributed by atoms with Crippen molar-refractivity contribution in [2.45, 2.75) is 45.2 Å². The van der Waals surface area contributed by atoms with Crippen LogP contribution in [-0.4, -0.2) is 19.2 Å². The second-order valence-corrected chi connectivity index (χ2v) is 7.01. The van der Waals surface area contributed by atoms with Crippen LogP contribution in [-0.2, 0) is 6.54 Å². The van der Waals surface area contributed by atoms with Crippen molar-refractivity contribution in [3.05, 3.63) is 39.3 Å². The van der Waals surface area contributed by atoms with Gasteiger partial charge in [0.15, 0.2) is 11.5 Å². The molecule has 1 aromatic heterocycles. The lowest BCUT2D eigenvalue weighted by Crippen LogP contribution is -2.19. The van der Waals surface area contributed by atoms with Crippen molar-refractivity contribution in [1.82, 2.24) is 10.3 Å². The van der Waals surface area contributed by atoms with Crippen molar-refractivity contribution in [1.29, 1.82) is 0 Å². The van der Waals surface area contributed by atoms with Gasteiger partial charge < -0.3 is 14.8 Å². The lowest BCUT2D eigenvalue weighted by Gasteiger charge is -2.16. The van der Waals surface area contributed by atoms with Crippen molar-refractivity contribution in [3.63, 3.8) is 0 Å². The summed E-state index contributed by atoms with van der Waals surface area (Å²) in [6, 6.07) is 4.31. The van der Waals surface area contributed by atoms with E-state index in [9.17, 15) is 0 Å². The highest BCUT2D eigenvalue weighted by Crippen LogP contribution is 2.41. The number of hydrogen-bond acceptors (Lipinski definition) is 5. The second kappa shape index (κ2) is 6.89. The Morgan fingerprint density at radius 2 is 1.96 bits per heavy atom. The summed E-state index contributed by atoms with van der Waals surface area (Å²) in [6.45, 7) is 5.04. The molecule has 124 valence electrons. The molecule has 0 amide bonds. The summed E-state index contributed by atoms with van der Waals surface area (Å²) in [4.78, 5) is 4.78. The summed E-state index contributed by atoms with van der Waals surface area (Å²) in [5, 5.41) is 7.05. The molecule has 1 aliphatic carbocycles. The minimum absolute atomic E-state index is 0.242. The fourth-order valence-electron chi connectivity index (χ4n) is 2.60. The van der Waals surface area contributed by atoms with Gasteiger partial charge in [-0.1, -0.05) is 0 Å². The van der Waals surface area contributed by atoms with Crippen molar-refractivity contribution in [3.8, 4) is 11.5 Å². The van der Waals surface area contributed by atoms with Crippen LogP contribution in [0, 0.1) is 6.92 Å². The summed E-state index contributed by atoms with van der Waals surface area (Å²) in [5.41, 5.74) is 3.56. The van der Waals surface area contributed by atoms with Gasteiger partial charge in [-0.3, -0.25) is 0 Å². The van der Waals surface area contributed by atoms with E-state index in [1.807, 2.05) is 12.1 Å². The summed E-state index contributed by atoms with van der Waals surface area (Å²) >= 11 is 1.80. The van der Waals surface area contributed by atoms with Gasteiger partial charge in [0.05, 0.1) is 24.9 Å². The van der Waals surface area contributed by atoms with E-state index in [1.54, 1.807) is 25.6 Å². The predicted octanol–water partition coefficient (Wildman–Crippen LogP) is 4.20. The van der Waals surface area contributed by atoms with Gasteiger partial charge in [0.25, 0.3) is 0 Å². The molecule has 1 atom stereocenters. The summed E-state index contributed by atoms with van der Waals surface area (Å²) < 4.78 is 10.7. The molecule has 0 bridgehead atoms. The van der Waals surface area contributed by atoms with E-state index in [0.717, 1.165) is 29.7 Å². The zero-order valence-corrected chi connectivity index (χ0v) is 15.0. The first-order valence-electron chi connectivity index (χ1n) is 8.02. The van der Waals surface area contributed by atoms with Gasteiger partial charge >= 0.3 is 0 Å². The number of methoxy groups -OCH3 is 2. The monoisotopic (exact) mass is 332 g/mol. The fourth-order valence-corrected chi connectivity index (χ4v) is 3.68. The Balaban J connectivity index is 1.66. The molecule has 23 heavy (non-hydrogen) atoms. The van der Waals surface area contributed by atoms with E-state index in [4.69, 9.17) is 14.5 Å². The Labute approximate surface area is 141 Å². The van der Waals surface area contributed by atoms with E-state index in [2.05, 4.69) is 24.5 Å². The zero-order valence-electron chi connectivity index (χ0n) is 14.2. The third-order valence-electron chi connectivity index (χ3n) is 4.35.